The second-order valence-corrected chi connectivity index (χ2v) is 8.33. The molecule has 0 aliphatic heterocycles. The number of aryl methyl sites for hydroxylation is 4. The highest BCUT2D eigenvalue weighted by molar-refractivity contribution is 5.95. The van der Waals surface area contributed by atoms with Gasteiger partial charge in [0.05, 0.1) is 16.6 Å². The molecule has 33 heavy (non-hydrogen) atoms. The molecule has 1 aromatic heterocycles. The molecule has 1 heterocycles. The molecular formula is C27H27N3O3. The molecule has 0 spiro atoms. The lowest BCUT2D eigenvalue weighted by Gasteiger charge is -2.18. The zero-order chi connectivity index (χ0) is 23.7. The van der Waals surface area contributed by atoms with Crippen molar-refractivity contribution in [2.75, 3.05) is 5.32 Å². The van der Waals surface area contributed by atoms with Crippen LogP contribution >= 0.6 is 0 Å². The predicted octanol–water partition coefficient (Wildman–Crippen LogP) is 5.03. The Morgan fingerprint density at radius 2 is 1.73 bits per heavy atom. The Hall–Kier alpha value is -3.93. The fourth-order valence-corrected chi connectivity index (χ4v) is 3.79. The van der Waals surface area contributed by atoms with E-state index in [1.54, 1.807) is 23.6 Å². The van der Waals surface area contributed by atoms with Crippen molar-refractivity contribution in [1.29, 1.82) is 0 Å². The van der Waals surface area contributed by atoms with Gasteiger partial charge in [-0.05, 0) is 87.7 Å². The predicted molar refractivity (Wildman–Crippen MR) is 131 cm³/mol. The monoisotopic (exact) mass is 441 g/mol. The quantitative estimate of drug-likeness (QED) is 0.472. The Bertz CT molecular complexity index is 1420. The van der Waals surface area contributed by atoms with Gasteiger partial charge in [-0.25, -0.2) is 4.98 Å². The van der Waals surface area contributed by atoms with Crippen LogP contribution in [0.25, 0.3) is 16.6 Å². The summed E-state index contributed by atoms with van der Waals surface area (Å²) in [5.41, 5.74) is 4.80. The molecule has 0 saturated heterocycles. The highest BCUT2D eigenvalue weighted by atomic mass is 16.5. The minimum atomic E-state index is -0.667. The van der Waals surface area contributed by atoms with E-state index in [9.17, 15) is 9.59 Å². The van der Waals surface area contributed by atoms with Crippen LogP contribution < -0.4 is 15.6 Å². The minimum absolute atomic E-state index is 0.121. The standard InChI is InChI=1S/C27H27N3O3/c1-16-10-11-17(2)25(14-16)33-19(4)26(31)29-23-13-12-21(15-18(23)3)30-20(5)28-24-9-7-6-8-22(24)27(30)32/h6-15,19H,1-5H3,(H,29,31). The van der Waals surface area contributed by atoms with E-state index in [0.717, 1.165) is 16.7 Å². The lowest BCUT2D eigenvalue weighted by atomic mass is 10.1. The van der Waals surface area contributed by atoms with Gasteiger partial charge in [0.1, 0.15) is 11.6 Å². The molecule has 0 aliphatic carbocycles. The van der Waals surface area contributed by atoms with Crippen molar-refractivity contribution in [3.05, 3.63) is 93.5 Å². The van der Waals surface area contributed by atoms with E-state index < -0.39 is 6.10 Å². The number of carbonyl (C=O) groups excluding carboxylic acids is 1. The molecule has 1 atom stereocenters. The number of nitrogens with one attached hydrogen (secondary N) is 1. The lowest BCUT2D eigenvalue weighted by Crippen LogP contribution is -2.30. The van der Waals surface area contributed by atoms with Crippen LogP contribution in [-0.4, -0.2) is 21.6 Å². The molecule has 0 radical (unpaired) electrons. The second-order valence-electron chi connectivity index (χ2n) is 8.33. The van der Waals surface area contributed by atoms with Gasteiger partial charge in [0.2, 0.25) is 0 Å². The molecule has 4 aromatic rings. The van der Waals surface area contributed by atoms with Crippen LogP contribution in [0.5, 0.6) is 5.75 Å². The summed E-state index contributed by atoms with van der Waals surface area (Å²) in [6.45, 7) is 9.37. The topological polar surface area (TPSA) is 73.2 Å². The van der Waals surface area contributed by atoms with Crippen molar-refractivity contribution in [3.63, 3.8) is 0 Å². The SMILES string of the molecule is Cc1ccc(C)c(OC(C)C(=O)Nc2ccc(-n3c(C)nc4ccccc4c3=O)cc2C)c1. The number of hydrogen-bond donors (Lipinski definition) is 1. The highest BCUT2D eigenvalue weighted by Gasteiger charge is 2.17. The van der Waals surface area contributed by atoms with Crippen molar-refractivity contribution in [1.82, 2.24) is 9.55 Å². The van der Waals surface area contributed by atoms with Crippen molar-refractivity contribution in [3.8, 4) is 11.4 Å². The number of anilines is 1. The molecule has 1 amide bonds. The maximum atomic E-state index is 13.1. The number of fused-ring (bicyclic) bond motifs is 1. The Morgan fingerprint density at radius 1 is 0.970 bits per heavy atom. The molecule has 4 rings (SSSR count). The molecule has 168 valence electrons. The normalized spacial score (nSPS) is 11.9. The first-order valence-corrected chi connectivity index (χ1v) is 10.9. The van der Waals surface area contributed by atoms with Crippen LogP contribution in [-0.2, 0) is 4.79 Å². The van der Waals surface area contributed by atoms with Gasteiger partial charge in [-0.3, -0.25) is 14.2 Å². The fraction of sp³-hybridized carbons (Fsp3) is 0.222. The van der Waals surface area contributed by atoms with Crippen molar-refractivity contribution >= 4 is 22.5 Å². The number of amides is 1. The first-order valence-electron chi connectivity index (χ1n) is 10.9. The minimum Gasteiger partial charge on any atom is -0.481 e. The number of aromatic nitrogens is 2. The first-order chi connectivity index (χ1) is 15.7. The summed E-state index contributed by atoms with van der Waals surface area (Å²) in [7, 11) is 0. The van der Waals surface area contributed by atoms with Crippen molar-refractivity contribution < 1.29 is 9.53 Å². The number of ether oxygens (including phenoxy) is 1. The van der Waals surface area contributed by atoms with E-state index in [2.05, 4.69) is 10.3 Å². The Kier molecular flexibility index (Phi) is 6.01. The van der Waals surface area contributed by atoms with Gasteiger partial charge >= 0.3 is 0 Å². The average molecular weight is 442 g/mol. The third-order valence-corrected chi connectivity index (χ3v) is 5.69. The third-order valence-electron chi connectivity index (χ3n) is 5.69. The average Bonchev–Trinajstić information content (AvgIpc) is 2.78. The second kappa shape index (κ2) is 8.90. The molecule has 6 nitrogen and oxygen atoms in total. The third kappa shape index (κ3) is 4.51. The number of para-hydroxylation sites is 1. The molecule has 0 saturated carbocycles. The van der Waals surface area contributed by atoms with Crippen LogP contribution in [0.4, 0.5) is 5.69 Å². The Balaban J connectivity index is 1.57. The van der Waals surface area contributed by atoms with E-state index in [4.69, 9.17) is 4.74 Å². The van der Waals surface area contributed by atoms with Crippen LogP contribution in [0, 0.1) is 27.7 Å². The van der Waals surface area contributed by atoms with E-state index in [-0.39, 0.29) is 11.5 Å². The lowest BCUT2D eigenvalue weighted by molar-refractivity contribution is -0.122. The molecular weight excluding hydrogens is 414 g/mol. The van der Waals surface area contributed by atoms with Gasteiger partial charge in [-0.1, -0.05) is 24.3 Å². The molecule has 6 heteroatoms. The zero-order valence-corrected chi connectivity index (χ0v) is 19.5. The largest absolute Gasteiger partial charge is 0.481 e. The maximum Gasteiger partial charge on any atom is 0.265 e. The summed E-state index contributed by atoms with van der Waals surface area (Å²) >= 11 is 0. The van der Waals surface area contributed by atoms with Gasteiger partial charge in [-0.2, -0.15) is 0 Å². The van der Waals surface area contributed by atoms with Crippen LogP contribution in [0.15, 0.2) is 65.5 Å². The van der Waals surface area contributed by atoms with Gasteiger partial charge in [0, 0.05) is 5.69 Å². The van der Waals surface area contributed by atoms with Gasteiger partial charge < -0.3 is 10.1 Å². The van der Waals surface area contributed by atoms with Crippen molar-refractivity contribution in [2.45, 2.75) is 40.7 Å². The number of carbonyl (C=O) groups is 1. The number of rotatable bonds is 5. The Morgan fingerprint density at radius 3 is 2.48 bits per heavy atom. The van der Waals surface area contributed by atoms with Gasteiger partial charge in [-0.15, -0.1) is 0 Å². The summed E-state index contributed by atoms with van der Waals surface area (Å²) in [6.07, 6.45) is -0.667. The number of benzene rings is 3. The van der Waals surface area contributed by atoms with Crippen LogP contribution in [0.1, 0.15) is 29.4 Å². The molecule has 0 fully saturated rings. The molecule has 0 aliphatic rings. The summed E-state index contributed by atoms with van der Waals surface area (Å²) < 4.78 is 7.49. The fourth-order valence-electron chi connectivity index (χ4n) is 3.79. The summed E-state index contributed by atoms with van der Waals surface area (Å²) in [5.74, 6) is 1.06. The molecule has 0 bridgehead atoms. The molecule has 1 N–H and O–H groups in total. The van der Waals surface area contributed by atoms with Crippen LogP contribution in [0.3, 0.4) is 0 Å². The highest BCUT2D eigenvalue weighted by Crippen LogP contribution is 2.23. The van der Waals surface area contributed by atoms with Crippen molar-refractivity contribution in [2.24, 2.45) is 0 Å². The zero-order valence-electron chi connectivity index (χ0n) is 19.5. The summed E-state index contributed by atoms with van der Waals surface area (Å²) in [6, 6.07) is 18.7. The van der Waals surface area contributed by atoms with E-state index in [0.29, 0.717) is 33.9 Å². The van der Waals surface area contributed by atoms with Gasteiger partial charge in [0.15, 0.2) is 6.10 Å². The number of hydrogen-bond acceptors (Lipinski definition) is 4. The van der Waals surface area contributed by atoms with E-state index in [1.165, 1.54) is 0 Å². The maximum absolute atomic E-state index is 13.1. The van der Waals surface area contributed by atoms with Crippen LogP contribution in [0.2, 0.25) is 0 Å². The molecule has 3 aromatic carbocycles. The van der Waals surface area contributed by atoms with E-state index in [1.807, 2.05) is 76.2 Å². The summed E-state index contributed by atoms with van der Waals surface area (Å²) in [4.78, 5) is 30.4. The number of nitrogens with zero attached hydrogens (tertiary/aromatic N) is 2. The smallest absolute Gasteiger partial charge is 0.265 e. The molecule has 1 unspecified atom stereocenters. The van der Waals surface area contributed by atoms with E-state index >= 15 is 0 Å². The summed E-state index contributed by atoms with van der Waals surface area (Å²) in [5, 5.41) is 3.50. The first kappa shape index (κ1) is 22.3. The Labute approximate surface area is 192 Å². The van der Waals surface area contributed by atoms with Gasteiger partial charge in [0.25, 0.3) is 11.5 Å².